The van der Waals surface area contributed by atoms with Crippen LogP contribution in [0.1, 0.15) is 9.67 Å². The monoisotopic (exact) mass is 185 g/mol. The summed E-state index contributed by atoms with van der Waals surface area (Å²) in [6, 6.07) is 6.63. The Kier molecular flexibility index (Phi) is 2.36. The predicted octanol–water partition coefficient (Wildman–Crippen LogP) is 1.82. The van der Waals surface area contributed by atoms with Gasteiger partial charge in [0, 0.05) is 13.3 Å². The molecule has 0 spiro atoms. The number of benzene rings is 1. The zero-order valence-electron chi connectivity index (χ0n) is 9.03. The fourth-order valence-corrected chi connectivity index (χ4v) is 1.50. The molecule has 0 radical (unpaired) electrons. The molecule has 0 N–H and O–H groups in total. The summed E-state index contributed by atoms with van der Waals surface area (Å²) in [5.41, 5.74) is -1.73. The molecule has 0 aromatic heterocycles. The standard InChI is InChI=1S/C9H12O2S/c1-3-12(10)9-6-4-5-8(7-9)11-2/h4-7H,3H2,1-2H3/i3DH/t3-,12?/m1/s1. The van der Waals surface area contributed by atoms with E-state index in [1.54, 1.807) is 24.3 Å². The van der Waals surface area contributed by atoms with Crippen molar-refractivity contribution < 1.29 is 11.7 Å². The van der Waals surface area contributed by atoms with Crippen LogP contribution in [0.5, 0.6) is 5.75 Å². The molecule has 1 unspecified atom stereocenters. The number of rotatable bonds is 3. The van der Waals surface area contributed by atoms with E-state index in [-0.39, 0.29) is 0 Å². The molecule has 3 heteroatoms. The van der Waals surface area contributed by atoms with E-state index < -0.39 is 16.5 Å². The highest BCUT2D eigenvalue weighted by atomic mass is 32.2. The van der Waals surface area contributed by atoms with Gasteiger partial charge in [-0.1, -0.05) is 13.0 Å². The van der Waals surface area contributed by atoms with Crippen molar-refractivity contribution in [3.63, 3.8) is 0 Å². The van der Waals surface area contributed by atoms with Crippen LogP contribution in [0.3, 0.4) is 0 Å². The molecule has 0 amide bonds. The SMILES string of the molecule is [1H][C@@]([2H])(C)S(=O)c1cccc(OC)c1. The molecular weight excluding hydrogens is 172 g/mol. The molecule has 12 heavy (non-hydrogen) atoms. The summed E-state index contributed by atoms with van der Waals surface area (Å²) in [4.78, 5) is 0.442. The van der Waals surface area contributed by atoms with Gasteiger partial charge in [0.25, 0.3) is 0 Å². The van der Waals surface area contributed by atoms with Gasteiger partial charge >= 0.3 is 0 Å². The van der Waals surface area contributed by atoms with E-state index in [1.165, 1.54) is 14.0 Å². The Hall–Kier alpha value is -0.830. The van der Waals surface area contributed by atoms with Gasteiger partial charge in [0.1, 0.15) is 5.75 Å². The van der Waals surface area contributed by atoms with Crippen LogP contribution in [-0.2, 0) is 10.8 Å². The van der Waals surface area contributed by atoms with E-state index >= 15 is 0 Å². The molecule has 1 aromatic rings. The van der Waals surface area contributed by atoms with E-state index in [4.69, 9.17) is 7.48 Å². The first kappa shape index (κ1) is 6.66. The molecule has 1 aromatic carbocycles. The average Bonchev–Trinajstić information content (AvgIpc) is 2.15. The van der Waals surface area contributed by atoms with Crippen LogP contribution in [0.25, 0.3) is 0 Å². The molecule has 2 atom stereocenters. The summed E-state index contributed by atoms with van der Waals surface area (Å²) in [6.45, 7) is 1.29. The van der Waals surface area contributed by atoms with Crippen molar-refractivity contribution in [2.45, 2.75) is 11.8 Å². The van der Waals surface area contributed by atoms with Gasteiger partial charge in [0.2, 0.25) is 0 Å². The van der Waals surface area contributed by atoms with Crippen LogP contribution in [0.2, 0.25) is 0 Å². The molecule has 0 saturated carbocycles. The molecule has 66 valence electrons. The number of ether oxygens (including phenoxy) is 1. The topological polar surface area (TPSA) is 26.3 Å². The Morgan fingerprint density at radius 1 is 1.83 bits per heavy atom. The van der Waals surface area contributed by atoms with Crippen molar-refractivity contribution in [1.82, 2.24) is 0 Å². The minimum atomic E-state index is -1.73. The van der Waals surface area contributed by atoms with Crippen molar-refractivity contribution in [2.24, 2.45) is 0 Å². The zero-order chi connectivity index (χ0) is 10.8. The summed E-state index contributed by atoms with van der Waals surface area (Å²) in [6.07, 6.45) is 0. The van der Waals surface area contributed by atoms with E-state index in [2.05, 4.69) is 0 Å². The van der Waals surface area contributed by atoms with Gasteiger partial charge in [-0.3, -0.25) is 4.21 Å². The molecule has 0 aliphatic carbocycles. The lowest BCUT2D eigenvalue weighted by atomic mass is 10.3. The lowest BCUT2D eigenvalue weighted by molar-refractivity contribution is 0.413. The normalized spacial score (nSPS) is 20.2. The molecule has 0 aliphatic heterocycles. The lowest BCUT2D eigenvalue weighted by Crippen LogP contribution is -1.94. The maximum atomic E-state index is 11.6. The third kappa shape index (κ3) is 2.08. The summed E-state index contributed by atoms with van der Waals surface area (Å²) in [5.74, 6) is 0.583. The van der Waals surface area contributed by atoms with Crippen molar-refractivity contribution >= 4 is 10.8 Å². The molecular formula is C9H12O2S. The van der Waals surface area contributed by atoms with Gasteiger partial charge in [-0.2, -0.15) is 0 Å². The van der Waals surface area contributed by atoms with Crippen LogP contribution in [-0.4, -0.2) is 17.0 Å². The smallest absolute Gasteiger partial charge is 0.120 e. The number of methoxy groups -OCH3 is 1. The Morgan fingerprint density at radius 3 is 3.17 bits per heavy atom. The Morgan fingerprint density at radius 2 is 2.58 bits per heavy atom. The van der Waals surface area contributed by atoms with E-state index in [1.807, 2.05) is 0 Å². The van der Waals surface area contributed by atoms with Crippen LogP contribution in [0.4, 0.5) is 0 Å². The first-order valence-electron chi connectivity index (χ1n) is 4.51. The Labute approximate surface area is 77.8 Å². The second-order valence-electron chi connectivity index (χ2n) is 2.15. The third-order valence-electron chi connectivity index (χ3n) is 1.44. The van der Waals surface area contributed by atoms with E-state index in [0.717, 1.165) is 0 Å². The summed E-state index contributed by atoms with van der Waals surface area (Å²) < 4.78 is 31.2. The largest absolute Gasteiger partial charge is 0.497 e. The highest BCUT2D eigenvalue weighted by Crippen LogP contribution is 2.15. The van der Waals surface area contributed by atoms with Crippen molar-refractivity contribution in [2.75, 3.05) is 12.8 Å². The van der Waals surface area contributed by atoms with E-state index in [9.17, 15) is 4.21 Å². The molecule has 1 rings (SSSR count). The van der Waals surface area contributed by atoms with Gasteiger partial charge in [-0.25, -0.2) is 0 Å². The summed E-state index contributed by atoms with van der Waals surface area (Å²) in [7, 11) is -0.143. The van der Waals surface area contributed by atoms with Crippen molar-refractivity contribution in [1.29, 1.82) is 0 Å². The first-order chi connectivity index (χ1) is 6.45. The lowest BCUT2D eigenvalue weighted by Gasteiger charge is -2.01. The van der Waals surface area contributed by atoms with Crippen LogP contribution < -0.4 is 4.74 Å². The van der Waals surface area contributed by atoms with Crippen LogP contribution in [0.15, 0.2) is 29.2 Å². The van der Waals surface area contributed by atoms with Crippen LogP contribution >= 0.6 is 0 Å². The highest BCUT2D eigenvalue weighted by Gasteiger charge is 2.00. The first-order valence-corrected chi connectivity index (χ1v) is 4.66. The Balaban J connectivity index is 3.02. The summed E-state index contributed by atoms with van der Waals surface area (Å²) in [5, 5.41) is 0. The predicted molar refractivity (Wildman–Crippen MR) is 49.9 cm³/mol. The second-order valence-corrected chi connectivity index (χ2v) is 3.57. The minimum absolute atomic E-state index is 0.442. The maximum absolute atomic E-state index is 11.6. The molecule has 0 fully saturated rings. The molecule has 2 nitrogen and oxygen atoms in total. The minimum Gasteiger partial charge on any atom is -0.497 e. The highest BCUT2D eigenvalue weighted by molar-refractivity contribution is 7.85. The Bertz CT molecular complexity index is 347. The van der Waals surface area contributed by atoms with Gasteiger partial charge < -0.3 is 4.74 Å². The molecule has 0 aliphatic rings. The fourth-order valence-electron chi connectivity index (χ4n) is 0.834. The number of hydrogen-bond acceptors (Lipinski definition) is 2. The second kappa shape index (κ2) is 4.26. The molecule has 0 heterocycles. The quantitative estimate of drug-likeness (QED) is 0.718. The molecule has 0 bridgehead atoms. The number of hydrogen-bond donors (Lipinski definition) is 0. The fraction of sp³-hybridized carbons (Fsp3) is 0.333. The third-order valence-corrected chi connectivity index (χ3v) is 2.49. The van der Waals surface area contributed by atoms with Crippen molar-refractivity contribution in [3.8, 4) is 5.75 Å². The molecule has 0 saturated heterocycles. The van der Waals surface area contributed by atoms with E-state index in [0.29, 0.717) is 10.6 Å². The van der Waals surface area contributed by atoms with Gasteiger partial charge in [-0.05, 0) is 18.2 Å². The zero-order valence-corrected chi connectivity index (χ0v) is 7.85. The maximum Gasteiger partial charge on any atom is 0.120 e. The van der Waals surface area contributed by atoms with Gasteiger partial charge in [-0.15, -0.1) is 0 Å². The summed E-state index contributed by atoms with van der Waals surface area (Å²) >= 11 is 0. The van der Waals surface area contributed by atoms with Gasteiger partial charge in [0.15, 0.2) is 0 Å². The average molecular weight is 185 g/mol. The van der Waals surface area contributed by atoms with Crippen molar-refractivity contribution in [3.05, 3.63) is 24.3 Å². The van der Waals surface area contributed by atoms with Crippen LogP contribution in [0, 0.1) is 0 Å². The van der Waals surface area contributed by atoms with Gasteiger partial charge in [0.05, 0.1) is 17.9 Å².